The quantitative estimate of drug-likeness (QED) is 0.356. The van der Waals surface area contributed by atoms with Crippen LogP contribution in [0.3, 0.4) is 0 Å². The van der Waals surface area contributed by atoms with E-state index < -0.39 is 15.4 Å². The monoisotopic (exact) mass is 574 g/mol. The average Bonchev–Trinajstić information content (AvgIpc) is 3.46. The third-order valence-corrected chi connectivity index (χ3v) is 9.06. The number of hydrogen-bond acceptors (Lipinski definition) is 8. The summed E-state index contributed by atoms with van der Waals surface area (Å²) in [6, 6.07) is 13.7. The Hall–Kier alpha value is -3.99. The summed E-state index contributed by atoms with van der Waals surface area (Å²) in [5, 5.41) is 4.41. The van der Waals surface area contributed by atoms with Crippen LogP contribution in [-0.2, 0) is 14.6 Å². The molecule has 2 atom stereocenters. The van der Waals surface area contributed by atoms with Crippen molar-refractivity contribution in [3.05, 3.63) is 60.6 Å². The Morgan fingerprint density at radius 1 is 1.00 bits per heavy atom. The molecule has 2 bridgehead atoms. The van der Waals surface area contributed by atoms with E-state index in [1.165, 1.54) is 4.52 Å². The van der Waals surface area contributed by atoms with E-state index in [-0.39, 0.29) is 34.8 Å². The van der Waals surface area contributed by atoms with Gasteiger partial charge in [0.25, 0.3) is 0 Å². The second-order valence-electron chi connectivity index (χ2n) is 12.0. The number of sulfone groups is 1. The van der Waals surface area contributed by atoms with Gasteiger partial charge in [0.1, 0.15) is 16.3 Å². The minimum Gasteiger partial charge on any atom is -0.444 e. The number of pyridine rings is 1. The summed E-state index contributed by atoms with van der Waals surface area (Å²) in [7, 11) is -3.73. The summed E-state index contributed by atoms with van der Waals surface area (Å²) in [4.78, 5) is 24.4. The van der Waals surface area contributed by atoms with Crippen LogP contribution in [0.1, 0.15) is 58.1 Å². The largest absolute Gasteiger partial charge is 0.444 e. The molecule has 2 unspecified atom stereocenters. The van der Waals surface area contributed by atoms with Crippen molar-refractivity contribution in [3.8, 4) is 22.4 Å². The van der Waals surface area contributed by atoms with Crippen LogP contribution in [0.2, 0.25) is 0 Å². The van der Waals surface area contributed by atoms with Crippen molar-refractivity contribution in [1.82, 2.24) is 24.5 Å². The van der Waals surface area contributed by atoms with Crippen molar-refractivity contribution in [2.75, 3.05) is 12.0 Å². The normalized spacial score (nSPS) is 20.9. The summed E-state index contributed by atoms with van der Waals surface area (Å²) >= 11 is 0. The number of fused-ring (bicyclic) bond motifs is 3. The summed E-state index contributed by atoms with van der Waals surface area (Å²) < 4.78 is 33.2. The Morgan fingerprint density at radius 3 is 2.27 bits per heavy atom. The minimum absolute atomic E-state index is 0.00678. The van der Waals surface area contributed by atoms with E-state index in [0.29, 0.717) is 29.7 Å². The van der Waals surface area contributed by atoms with Crippen LogP contribution >= 0.6 is 0 Å². The summed E-state index contributed by atoms with van der Waals surface area (Å²) in [5.74, 6) is -0.154. The SMILES string of the molecule is CC(C)(C)OC(=O)N1C2CCC1CC(c1nc3c(-c4ccc(-c5ccccc5)nc4)cnn3c(N)c1S(C)(=O)=O)C2. The van der Waals surface area contributed by atoms with Crippen LogP contribution in [0.5, 0.6) is 0 Å². The number of hydrogen-bond donors (Lipinski definition) is 1. The molecule has 0 radical (unpaired) electrons. The van der Waals surface area contributed by atoms with Gasteiger partial charge in [-0.3, -0.25) is 4.98 Å². The lowest BCUT2D eigenvalue weighted by Crippen LogP contribution is -2.48. The molecule has 4 aromatic rings. The summed E-state index contributed by atoms with van der Waals surface area (Å²) in [6.45, 7) is 5.56. The average molecular weight is 575 g/mol. The van der Waals surface area contributed by atoms with Gasteiger partial charge in [-0.2, -0.15) is 9.61 Å². The molecule has 0 aliphatic carbocycles. The molecule has 214 valence electrons. The molecule has 2 aliphatic heterocycles. The van der Waals surface area contributed by atoms with Gasteiger partial charge in [-0.15, -0.1) is 0 Å². The minimum atomic E-state index is -3.73. The zero-order valence-corrected chi connectivity index (χ0v) is 24.4. The molecule has 3 aromatic heterocycles. The molecule has 10 nitrogen and oxygen atoms in total. The standard InChI is InChI=1S/C30H34N6O4S/c1-30(2,3)40-29(37)35-21-11-12-22(35)15-20(14-21)25-26(41(4,38)39)27(31)36-28(34-25)23(17-33-36)19-10-13-24(32-16-19)18-8-6-5-7-9-18/h5-10,13,16-17,20-22H,11-12,14-15,31H2,1-4H3. The highest BCUT2D eigenvalue weighted by atomic mass is 32.2. The maximum atomic E-state index is 13.1. The van der Waals surface area contributed by atoms with Gasteiger partial charge in [0.05, 0.1) is 17.6 Å². The number of carbonyl (C=O) groups is 1. The van der Waals surface area contributed by atoms with E-state index in [9.17, 15) is 13.2 Å². The Balaban J connectivity index is 1.39. The molecule has 0 spiro atoms. The van der Waals surface area contributed by atoms with Gasteiger partial charge in [-0.25, -0.2) is 18.2 Å². The fraction of sp³-hybridized carbons (Fsp3) is 0.400. The third-order valence-electron chi connectivity index (χ3n) is 7.90. The molecule has 6 rings (SSSR count). The van der Waals surface area contributed by atoms with Crippen LogP contribution in [0, 0.1) is 0 Å². The van der Waals surface area contributed by atoms with E-state index in [0.717, 1.165) is 35.9 Å². The molecule has 2 fully saturated rings. The number of nitrogens with zero attached hydrogens (tertiary/aromatic N) is 5. The van der Waals surface area contributed by atoms with Gasteiger partial charge in [0.2, 0.25) is 0 Å². The lowest BCUT2D eigenvalue weighted by molar-refractivity contribution is 0.00559. The first kappa shape index (κ1) is 27.2. The second kappa shape index (κ2) is 9.83. The van der Waals surface area contributed by atoms with Gasteiger partial charge in [-0.05, 0) is 52.5 Å². The summed E-state index contributed by atoms with van der Waals surface area (Å²) in [6.07, 6.45) is 7.07. The van der Waals surface area contributed by atoms with Crippen LogP contribution in [0.4, 0.5) is 10.6 Å². The van der Waals surface area contributed by atoms with Gasteiger partial charge < -0.3 is 15.4 Å². The lowest BCUT2D eigenvalue weighted by atomic mass is 9.88. The van der Waals surface area contributed by atoms with E-state index >= 15 is 0 Å². The molecular weight excluding hydrogens is 540 g/mol. The number of nitrogen functional groups attached to an aromatic ring is 1. The molecule has 11 heteroatoms. The van der Waals surface area contributed by atoms with E-state index in [1.807, 2.05) is 68.1 Å². The van der Waals surface area contributed by atoms with Gasteiger partial charge in [0, 0.05) is 47.1 Å². The molecule has 2 saturated heterocycles. The maximum absolute atomic E-state index is 13.1. The van der Waals surface area contributed by atoms with Crippen molar-refractivity contribution in [3.63, 3.8) is 0 Å². The Kier molecular flexibility index (Phi) is 6.52. The van der Waals surface area contributed by atoms with Crippen molar-refractivity contribution < 1.29 is 17.9 Å². The lowest BCUT2D eigenvalue weighted by Gasteiger charge is -2.39. The van der Waals surface area contributed by atoms with E-state index in [2.05, 4.69) is 10.1 Å². The highest BCUT2D eigenvalue weighted by Gasteiger charge is 2.46. The number of piperidine rings is 1. The first-order valence-electron chi connectivity index (χ1n) is 13.8. The summed E-state index contributed by atoms with van der Waals surface area (Å²) in [5.41, 5.74) is 10.2. The molecule has 1 amide bonds. The topological polar surface area (TPSA) is 133 Å². The van der Waals surface area contributed by atoms with Crippen LogP contribution < -0.4 is 5.73 Å². The number of nitrogens with two attached hydrogens (primary N) is 1. The molecular formula is C30H34N6O4S. The first-order chi connectivity index (χ1) is 19.4. The van der Waals surface area contributed by atoms with Crippen molar-refractivity contribution in [1.29, 1.82) is 0 Å². The number of amides is 1. The first-order valence-corrected chi connectivity index (χ1v) is 15.7. The number of ether oxygens (including phenoxy) is 1. The second-order valence-corrected chi connectivity index (χ2v) is 14.0. The zero-order chi connectivity index (χ0) is 29.1. The molecule has 5 heterocycles. The number of carbonyl (C=O) groups excluding carboxylic acids is 1. The van der Waals surface area contributed by atoms with Crippen LogP contribution in [0.15, 0.2) is 59.8 Å². The predicted octanol–water partition coefficient (Wildman–Crippen LogP) is 5.09. The molecule has 1 aromatic carbocycles. The van der Waals surface area contributed by atoms with E-state index in [1.54, 1.807) is 12.4 Å². The highest BCUT2D eigenvalue weighted by Crippen LogP contribution is 2.45. The number of aromatic nitrogens is 4. The maximum Gasteiger partial charge on any atom is 0.410 e. The van der Waals surface area contributed by atoms with Gasteiger partial charge >= 0.3 is 6.09 Å². The fourth-order valence-electron chi connectivity index (χ4n) is 6.22. The number of benzene rings is 1. The highest BCUT2D eigenvalue weighted by molar-refractivity contribution is 7.91. The van der Waals surface area contributed by atoms with Gasteiger partial charge in [0.15, 0.2) is 15.5 Å². The van der Waals surface area contributed by atoms with Crippen molar-refractivity contribution >= 4 is 27.4 Å². The fourth-order valence-corrected chi connectivity index (χ4v) is 7.28. The number of rotatable bonds is 4. The van der Waals surface area contributed by atoms with Gasteiger partial charge in [-0.1, -0.05) is 36.4 Å². The van der Waals surface area contributed by atoms with Crippen molar-refractivity contribution in [2.45, 2.75) is 75.0 Å². The third kappa shape index (κ3) is 5.03. The molecule has 0 saturated carbocycles. The van der Waals surface area contributed by atoms with Crippen molar-refractivity contribution in [2.24, 2.45) is 0 Å². The Bertz CT molecular complexity index is 1710. The van der Waals surface area contributed by atoms with Crippen LogP contribution in [-0.4, -0.2) is 62.9 Å². The van der Waals surface area contributed by atoms with E-state index in [4.69, 9.17) is 15.5 Å². The Labute approximate surface area is 239 Å². The van der Waals surface area contributed by atoms with Crippen LogP contribution in [0.25, 0.3) is 28.0 Å². The zero-order valence-electron chi connectivity index (χ0n) is 23.6. The molecule has 41 heavy (non-hydrogen) atoms. The molecule has 2 aliphatic rings. The number of anilines is 1. The smallest absolute Gasteiger partial charge is 0.410 e. The predicted molar refractivity (Wildman–Crippen MR) is 156 cm³/mol. The molecule has 2 N–H and O–H groups in total. The Morgan fingerprint density at radius 2 is 1.68 bits per heavy atom.